The van der Waals surface area contributed by atoms with Gasteiger partial charge in [0.15, 0.2) is 0 Å². The minimum Gasteiger partial charge on any atom is -0.492 e. The van der Waals surface area contributed by atoms with Crippen LogP contribution < -0.4 is 15.4 Å². The third-order valence-electron chi connectivity index (χ3n) is 3.77. The van der Waals surface area contributed by atoms with Crippen molar-refractivity contribution in [2.75, 3.05) is 23.8 Å². The third kappa shape index (κ3) is 5.84. The van der Waals surface area contributed by atoms with Gasteiger partial charge in [-0.1, -0.05) is 37.6 Å². The summed E-state index contributed by atoms with van der Waals surface area (Å²) >= 11 is 0. The molecular formula is C21H24N2O5. The van der Waals surface area contributed by atoms with E-state index in [4.69, 9.17) is 9.47 Å². The number of ether oxygens (including phenoxy) is 2. The van der Waals surface area contributed by atoms with Gasteiger partial charge in [-0.3, -0.25) is 9.59 Å². The molecule has 0 unspecified atom stereocenters. The zero-order valence-corrected chi connectivity index (χ0v) is 16.0. The quantitative estimate of drug-likeness (QED) is 0.412. The van der Waals surface area contributed by atoms with Gasteiger partial charge in [-0.25, -0.2) is 4.79 Å². The first-order valence-electron chi connectivity index (χ1n) is 9.17. The average molecular weight is 384 g/mol. The van der Waals surface area contributed by atoms with Crippen molar-refractivity contribution in [3.05, 3.63) is 54.1 Å². The molecule has 0 saturated carbocycles. The Morgan fingerprint density at radius 2 is 1.46 bits per heavy atom. The molecule has 0 atom stereocenters. The number of hydrogen-bond donors (Lipinski definition) is 2. The van der Waals surface area contributed by atoms with Crippen molar-refractivity contribution in [2.24, 2.45) is 0 Å². The highest BCUT2D eigenvalue weighted by molar-refractivity contribution is 6.44. The van der Waals surface area contributed by atoms with E-state index in [1.165, 1.54) is 12.1 Å². The smallest absolute Gasteiger partial charge is 0.340 e. The zero-order chi connectivity index (χ0) is 20.4. The molecule has 2 N–H and O–H groups in total. The predicted molar refractivity (Wildman–Crippen MR) is 107 cm³/mol. The van der Waals surface area contributed by atoms with E-state index >= 15 is 0 Å². The maximum atomic E-state index is 12.3. The molecule has 7 heteroatoms. The lowest BCUT2D eigenvalue weighted by atomic mass is 10.1. The Morgan fingerprint density at radius 3 is 2.14 bits per heavy atom. The molecule has 2 aromatic rings. The summed E-state index contributed by atoms with van der Waals surface area (Å²) in [6.45, 7) is 4.53. The first-order valence-corrected chi connectivity index (χ1v) is 9.17. The lowest BCUT2D eigenvalue weighted by molar-refractivity contribution is -0.133. The van der Waals surface area contributed by atoms with Crippen LogP contribution >= 0.6 is 0 Å². The standard InChI is InChI=1S/C21H24N2O5/c1-3-5-14-28-21(26)15-10-6-7-11-16(15)22-19(24)20(25)23-17-12-8-9-13-18(17)27-4-2/h6-13H,3-5,14H2,1-2H3,(H,22,24)(H,23,25). The molecule has 0 bridgehead atoms. The molecule has 0 saturated heterocycles. The Morgan fingerprint density at radius 1 is 0.857 bits per heavy atom. The number of esters is 1. The molecule has 0 aromatic heterocycles. The van der Waals surface area contributed by atoms with Gasteiger partial charge in [-0.15, -0.1) is 0 Å². The van der Waals surface area contributed by atoms with E-state index in [2.05, 4.69) is 10.6 Å². The molecule has 0 aliphatic rings. The fourth-order valence-corrected chi connectivity index (χ4v) is 2.37. The lowest BCUT2D eigenvalue weighted by Gasteiger charge is -2.12. The van der Waals surface area contributed by atoms with Gasteiger partial charge in [0.25, 0.3) is 0 Å². The van der Waals surface area contributed by atoms with Crippen LogP contribution in [0.3, 0.4) is 0 Å². The molecular weight excluding hydrogens is 360 g/mol. The molecule has 0 fully saturated rings. The Hall–Kier alpha value is -3.35. The van der Waals surface area contributed by atoms with E-state index in [1.807, 2.05) is 13.8 Å². The van der Waals surface area contributed by atoms with Crippen LogP contribution in [0.2, 0.25) is 0 Å². The summed E-state index contributed by atoms with van der Waals surface area (Å²) in [7, 11) is 0. The van der Waals surface area contributed by atoms with Gasteiger partial charge >= 0.3 is 17.8 Å². The SMILES string of the molecule is CCCCOC(=O)c1ccccc1NC(=O)C(=O)Nc1ccccc1OCC. The number of anilines is 2. The van der Waals surface area contributed by atoms with Crippen LogP contribution in [-0.2, 0) is 14.3 Å². The number of para-hydroxylation sites is 3. The van der Waals surface area contributed by atoms with Crippen molar-refractivity contribution in [1.29, 1.82) is 0 Å². The molecule has 0 heterocycles. The summed E-state index contributed by atoms with van der Waals surface area (Å²) in [5.41, 5.74) is 0.786. The Balaban J connectivity index is 2.07. The summed E-state index contributed by atoms with van der Waals surface area (Å²) in [5, 5.41) is 4.97. The van der Waals surface area contributed by atoms with Gasteiger partial charge < -0.3 is 20.1 Å². The molecule has 0 aliphatic heterocycles. The molecule has 0 spiro atoms. The van der Waals surface area contributed by atoms with Crippen LogP contribution in [0.5, 0.6) is 5.75 Å². The number of carbonyl (C=O) groups is 3. The average Bonchev–Trinajstić information content (AvgIpc) is 2.70. The van der Waals surface area contributed by atoms with Crippen molar-refractivity contribution >= 4 is 29.2 Å². The van der Waals surface area contributed by atoms with Crippen LogP contribution in [0, 0.1) is 0 Å². The summed E-state index contributed by atoms with van der Waals surface area (Å²) in [6.07, 6.45) is 1.65. The van der Waals surface area contributed by atoms with Gasteiger partial charge in [0.1, 0.15) is 5.75 Å². The van der Waals surface area contributed by atoms with E-state index in [0.717, 1.165) is 12.8 Å². The Bertz CT molecular complexity index is 835. The number of hydrogen-bond acceptors (Lipinski definition) is 5. The van der Waals surface area contributed by atoms with Gasteiger partial charge in [0.2, 0.25) is 0 Å². The molecule has 2 amide bonds. The fraction of sp³-hybridized carbons (Fsp3) is 0.286. The number of amides is 2. The molecule has 7 nitrogen and oxygen atoms in total. The van der Waals surface area contributed by atoms with Crippen LogP contribution in [-0.4, -0.2) is 31.0 Å². The molecule has 148 valence electrons. The van der Waals surface area contributed by atoms with E-state index in [0.29, 0.717) is 24.7 Å². The second-order valence-electron chi connectivity index (χ2n) is 5.87. The van der Waals surface area contributed by atoms with Crippen LogP contribution in [0.15, 0.2) is 48.5 Å². The van der Waals surface area contributed by atoms with Crippen LogP contribution in [0.1, 0.15) is 37.0 Å². The van der Waals surface area contributed by atoms with Gasteiger partial charge in [-0.2, -0.15) is 0 Å². The normalized spacial score (nSPS) is 10.1. The minimum atomic E-state index is -0.903. The molecule has 2 aromatic carbocycles. The van der Waals surface area contributed by atoms with Crippen molar-refractivity contribution < 1.29 is 23.9 Å². The molecule has 28 heavy (non-hydrogen) atoms. The first kappa shape index (κ1) is 21.0. The largest absolute Gasteiger partial charge is 0.492 e. The van der Waals surface area contributed by atoms with Gasteiger partial charge in [-0.05, 0) is 37.6 Å². The Labute approximate surface area is 164 Å². The predicted octanol–water partition coefficient (Wildman–Crippen LogP) is 3.62. The second-order valence-corrected chi connectivity index (χ2v) is 5.87. The summed E-state index contributed by atoms with van der Waals surface area (Å²) in [4.78, 5) is 36.8. The monoisotopic (exact) mass is 384 g/mol. The highest BCUT2D eigenvalue weighted by Gasteiger charge is 2.19. The van der Waals surface area contributed by atoms with Crippen LogP contribution in [0.25, 0.3) is 0 Å². The topological polar surface area (TPSA) is 93.7 Å². The molecule has 2 rings (SSSR count). The highest BCUT2D eigenvalue weighted by Crippen LogP contribution is 2.23. The van der Waals surface area contributed by atoms with E-state index < -0.39 is 17.8 Å². The molecule has 0 aliphatic carbocycles. The maximum Gasteiger partial charge on any atom is 0.340 e. The number of nitrogens with one attached hydrogen (secondary N) is 2. The van der Waals surface area contributed by atoms with Gasteiger partial charge in [0, 0.05) is 0 Å². The Kier molecular flexibility index (Phi) is 8.02. The summed E-state index contributed by atoms with van der Waals surface area (Å²) < 4.78 is 10.6. The number of unbranched alkanes of at least 4 members (excludes halogenated alkanes) is 1. The fourth-order valence-electron chi connectivity index (χ4n) is 2.37. The molecule has 0 radical (unpaired) electrons. The first-order chi connectivity index (χ1) is 13.6. The summed E-state index contributed by atoms with van der Waals surface area (Å²) in [6, 6.07) is 13.2. The van der Waals surface area contributed by atoms with E-state index in [9.17, 15) is 14.4 Å². The van der Waals surface area contributed by atoms with Crippen molar-refractivity contribution in [3.8, 4) is 5.75 Å². The second kappa shape index (κ2) is 10.7. The zero-order valence-electron chi connectivity index (χ0n) is 16.0. The maximum absolute atomic E-state index is 12.3. The third-order valence-corrected chi connectivity index (χ3v) is 3.77. The minimum absolute atomic E-state index is 0.189. The van der Waals surface area contributed by atoms with Gasteiger partial charge in [0.05, 0.1) is 30.2 Å². The highest BCUT2D eigenvalue weighted by atomic mass is 16.5. The number of carbonyl (C=O) groups excluding carboxylic acids is 3. The summed E-state index contributed by atoms with van der Waals surface area (Å²) in [5.74, 6) is -1.86. The van der Waals surface area contributed by atoms with Crippen molar-refractivity contribution in [2.45, 2.75) is 26.7 Å². The van der Waals surface area contributed by atoms with Crippen molar-refractivity contribution in [3.63, 3.8) is 0 Å². The number of rotatable bonds is 8. The van der Waals surface area contributed by atoms with E-state index in [-0.39, 0.29) is 11.3 Å². The van der Waals surface area contributed by atoms with E-state index in [1.54, 1.807) is 36.4 Å². The lowest BCUT2D eigenvalue weighted by Crippen LogP contribution is -2.30. The van der Waals surface area contributed by atoms with Crippen molar-refractivity contribution in [1.82, 2.24) is 0 Å². The number of benzene rings is 2. The van der Waals surface area contributed by atoms with Crippen LogP contribution in [0.4, 0.5) is 11.4 Å².